The largest absolute Gasteiger partial charge is 0.370 e. The molecule has 8 nitrogen and oxygen atoms in total. The van der Waals surface area contributed by atoms with Crippen molar-refractivity contribution in [2.24, 2.45) is 12.0 Å². The Kier molecular flexibility index (Phi) is 8.14. The highest BCUT2D eigenvalue weighted by atomic mass is 16.5. The van der Waals surface area contributed by atoms with E-state index >= 15 is 0 Å². The van der Waals surface area contributed by atoms with E-state index in [4.69, 9.17) is 4.74 Å². The number of nitrogens with one attached hydrogen (secondary N) is 1. The van der Waals surface area contributed by atoms with Gasteiger partial charge in [0.05, 0.1) is 19.3 Å². The van der Waals surface area contributed by atoms with E-state index in [2.05, 4.69) is 60.4 Å². The fraction of sp³-hybridized carbons (Fsp3) is 0.583. The second-order valence-corrected chi connectivity index (χ2v) is 8.68. The topological polar surface area (TPSA) is 61.2 Å². The number of aliphatic imine (C=N–C) groups is 1. The zero-order chi connectivity index (χ0) is 22.2. The molecule has 0 bridgehead atoms. The summed E-state index contributed by atoms with van der Waals surface area (Å²) in [6, 6.07) is 10.8. The van der Waals surface area contributed by atoms with E-state index in [0.717, 1.165) is 76.8 Å². The summed E-state index contributed by atoms with van der Waals surface area (Å²) in [7, 11) is 3.80. The van der Waals surface area contributed by atoms with E-state index < -0.39 is 0 Å². The number of hydrogen-bond acceptors (Lipinski definition) is 5. The van der Waals surface area contributed by atoms with Crippen molar-refractivity contribution in [1.82, 2.24) is 29.8 Å². The predicted molar refractivity (Wildman–Crippen MR) is 128 cm³/mol. The van der Waals surface area contributed by atoms with Crippen LogP contribution in [-0.2, 0) is 18.3 Å². The number of ether oxygens (including phenoxy) is 1. The van der Waals surface area contributed by atoms with Crippen LogP contribution in [0, 0.1) is 0 Å². The van der Waals surface area contributed by atoms with Crippen LogP contribution in [0.25, 0.3) is 0 Å². The quantitative estimate of drug-likeness (QED) is 0.402. The Morgan fingerprint density at radius 3 is 2.62 bits per heavy atom. The van der Waals surface area contributed by atoms with Crippen LogP contribution >= 0.6 is 0 Å². The Hall–Kier alpha value is -2.42. The van der Waals surface area contributed by atoms with Gasteiger partial charge in [-0.3, -0.25) is 14.6 Å². The SMILES string of the molecule is CN=C(NCCCN1CCN(Cc2ccccc2)CC1)N1CCOC(c2cnn(C)c2)C1. The molecule has 4 rings (SSSR count). The van der Waals surface area contributed by atoms with Crippen LogP contribution < -0.4 is 5.32 Å². The zero-order valence-corrected chi connectivity index (χ0v) is 19.5. The molecule has 0 radical (unpaired) electrons. The maximum atomic E-state index is 5.96. The Morgan fingerprint density at radius 1 is 1.12 bits per heavy atom. The molecule has 1 N–H and O–H groups in total. The smallest absolute Gasteiger partial charge is 0.193 e. The summed E-state index contributed by atoms with van der Waals surface area (Å²) >= 11 is 0. The average molecular weight is 440 g/mol. The molecule has 0 spiro atoms. The van der Waals surface area contributed by atoms with Crippen LogP contribution in [0.4, 0.5) is 0 Å². The van der Waals surface area contributed by atoms with Gasteiger partial charge < -0.3 is 19.9 Å². The number of hydrogen-bond donors (Lipinski definition) is 1. The van der Waals surface area contributed by atoms with Crippen LogP contribution in [0.3, 0.4) is 0 Å². The van der Waals surface area contributed by atoms with Gasteiger partial charge in [0.1, 0.15) is 6.10 Å². The molecule has 2 fully saturated rings. The second kappa shape index (κ2) is 11.4. The summed E-state index contributed by atoms with van der Waals surface area (Å²) in [5.74, 6) is 0.967. The van der Waals surface area contributed by atoms with Gasteiger partial charge in [0, 0.05) is 71.7 Å². The third-order valence-electron chi connectivity index (χ3n) is 6.32. The molecule has 2 aromatic rings. The first-order valence-corrected chi connectivity index (χ1v) is 11.8. The van der Waals surface area contributed by atoms with E-state index in [-0.39, 0.29) is 6.10 Å². The summed E-state index contributed by atoms with van der Waals surface area (Å²) in [5.41, 5.74) is 2.53. The highest BCUT2D eigenvalue weighted by Gasteiger charge is 2.25. The molecule has 0 aliphatic carbocycles. The third kappa shape index (κ3) is 6.31. The Bertz CT molecular complexity index is 845. The van der Waals surface area contributed by atoms with Gasteiger partial charge in [-0.2, -0.15) is 5.10 Å². The standard InChI is InChI=1S/C24H37N7O/c1-25-24(31-15-16-32-23(20-31)22-17-27-28(2)19-22)26-9-6-10-29-11-13-30(14-12-29)18-21-7-4-3-5-8-21/h3-5,7-8,17,19,23H,6,9-16,18,20H2,1-2H3,(H,25,26). The number of benzene rings is 1. The van der Waals surface area contributed by atoms with Gasteiger partial charge in [-0.05, 0) is 18.5 Å². The molecule has 1 unspecified atom stereocenters. The third-order valence-corrected chi connectivity index (χ3v) is 6.32. The van der Waals surface area contributed by atoms with E-state index in [1.165, 1.54) is 5.56 Å². The lowest BCUT2D eigenvalue weighted by Gasteiger charge is -2.35. The lowest BCUT2D eigenvalue weighted by atomic mass is 10.1. The lowest BCUT2D eigenvalue weighted by Crippen LogP contribution is -2.49. The van der Waals surface area contributed by atoms with E-state index in [0.29, 0.717) is 6.61 Å². The first kappa shape index (κ1) is 22.8. The normalized spacial score (nSPS) is 21.1. The van der Waals surface area contributed by atoms with Crippen molar-refractivity contribution in [3.8, 4) is 0 Å². The summed E-state index contributed by atoms with van der Waals surface area (Å²) < 4.78 is 7.79. The van der Waals surface area contributed by atoms with Crippen molar-refractivity contribution in [2.75, 3.05) is 66.0 Å². The molecule has 0 saturated carbocycles. The molecule has 0 amide bonds. The van der Waals surface area contributed by atoms with Crippen LogP contribution in [-0.4, -0.2) is 96.5 Å². The first-order valence-electron chi connectivity index (χ1n) is 11.8. The molecule has 2 aliphatic heterocycles. The maximum Gasteiger partial charge on any atom is 0.193 e. The van der Waals surface area contributed by atoms with Gasteiger partial charge >= 0.3 is 0 Å². The highest BCUT2D eigenvalue weighted by Crippen LogP contribution is 2.21. The summed E-state index contributed by atoms with van der Waals surface area (Å²) in [5, 5.41) is 7.84. The number of aryl methyl sites for hydroxylation is 1. The van der Waals surface area contributed by atoms with Gasteiger partial charge in [-0.1, -0.05) is 30.3 Å². The van der Waals surface area contributed by atoms with Gasteiger partial charge in [-0.25, -0.2) is 0 Å². The molecule has 1 aromatic heterocycles. The molecular weight excluding hydrogens is 402 g/mol. The van der Waals surface area contributed by atoms with Crippen LogP contribution in [0.15, 0.2) is 47.7 Å². The van der Waals surface area contributed by atoms with E-state index in [9.17, 15) is 0 Å². The number of nitrogens with zero attached hydrogens (tertiary/aromatic N) is 6. The lowest BCUT2D eigenvalue weighted by molar-refractivity contribution is -0.00803. The summed E-state index contributed by atoms with van der Waals surface area (Å²) in [6.07, 6.45) is 5.09. The molecular formula is C24H37N7O. The number of guanidine groups is 1. The fourth-order valence-electron chi connectivity index (χ4n) is 4.50. The van der Waals surface area contributed by atoms with E-state index in [1.54, 1.807) is 0 Å². The predicted octanol–water partition coefficient (Wildman–Crippen LogP) is 1.58. The Balaban J connectivity index is 1.14. The van der Waals surface area contributed by atoms with Gasteiger partial charge in [-0.15, -0.1) is 0 Å². The monoisotopic (exact) mass is 439 g/mol. The van der Waals surface area contributed by atoms with Gasteiger partial charge in [0.25, 0.3) is 0 Å². The van der Waals surface area contributed by atoms with Crippen molar-refractivity contribution in [2.45, 2.75) is 19.1 Å². The average Bonchev–Trinajstić information content (AvgIpc) is 3.27. The minimum Gasteiger partial charge on any atom is -0.370 e. The van der Waals surface area contributed by atoms with Crippen LogP contribution in [0.5, 0.6) is 0 Å². The van der Waals surface area contributed by atoms with E-state index in [1.807, 2.05) is 31.2 Å². The second-order valence-electron chi connectivity index (χ2n) is 8.68. The van der Waals surface area contributed by atoms with Gasteiger partial charge in [0.2, 0.25) is 0 Å². The molecule has 3 heterocycles. The number of piperazine rings is 1. The number of rotatable bonds is 7. The van der Waals surface area contributed by atoms with Crippen molar-refractivity contribution < 1.29 is 4.74 Å². The molecule has 32 heavy (non-hydrogen) atoms. The number of aromatic nitrogens is 2. The molecule has 8 heteroatoms. The minimum atomic E-state index is 0.0446. The number of morpholine rings is 1. The maximum absolute atomic E-state index is 5.96. The highest BCUT2D eigenvalue weighted by molar-refractivity contribution is 5.80. The van der Waals surface area contributed by atoms with Gasteiger partial charge in [0.15, 0.2) is 5.96 Å². The Labute approximate surface area is 191 Å². The van der Waals surface area contributed by atoms with Crippen molar-refractivity contribution in [1.29, 1.82) is 0 Å². The Morgan fingerprint density at radius 2 is 1.91 bits per heavy atom. The molecule has 2 saturated heterocycles. The van der Waals surface area contributed by atoms with Crippen LogP contribution in [0.1, 0.15) is 23.7 Å². The van der Waals surface area contributed by atoms with Crippen LogP contribution in [0.2, 0.25) is 0 Å². The van der Waals surface area contributed by atoms with Crippen molar-refractivity contribution in [3.63, 3.8) is 0 Å². The minimum absolute atomic E-state index is 0.0446. The van der Waals surface area contributed by atoms with Crippen molar-refractivity contribution in [3.05, 3.63) is 53.9 Å². The zero-order valence-electron chi connectivity index (χ0n) is 19.5. The molecule has 2 aliphatic rings. The molecule has 174 valence electrons. The molecule has 1 aromatic carbocycles. The summed E-state index contributed by atoms with van der Waals surface area (Å²) in [4.78, 5) is 12.0. The fourth-order valence-corrected chi connectivity index (χ4v) is 4.50. The first-order chi connectivity index (χ1) is 15.7. The molecule has 1 atom stereocenters. The summed E-state index contributed by atoms with van der Waals surface area (Å²) in [6.45, 7) is 10.1. The van der Waals surface area contributed by atoms with Crippen molar-refractivity contribution >= 4 is 5.96 Å².